The predicted molar refractivity (Wildman–Crippen MR) is 88.8 cm³/mol. The first-order valence-corrected chi connectivity index (χ1v) is 8.90. The molecule has 6 nitrogen and oxygen atoms in total. The topological polar surface area (TPSA) is 84.0 Å². The molecule has 0 amide bonds. The largest absolute Gasteiger partial charge is 0.326 e. The van der Waals surface area contributed by atoms with E-state index in [1.54, 1.807) is 0 Å². The molecule has 0 radical (unpaired) electrons. The summed E-state index contributed by atoms with van der Waals surface area (Å²) in [6, 6.07) is 7.35. The summed E-state index contributed by atoms with van der Waals surface area (Å²) in [5, 5.41) is 0. The lowest BCUT2D eigenvalue weighted by molar-refractivity contribution is 0.571. The Balaban J connectivity index is 1.77. The summed E-state index contributed by atoms with van der Waals surface area (Å²) in [6.07, 6.45) is 0. The molecular formula is C16H15F2N3O3S. The lowest BCUT2D eigenvalue weighted by Gasteiger charge is -2.08. The average molecular weight is 367 g/mol. The van der Waals surface area contributed by atoms with E-state index in [2.05, 4.69) is 9.71 Å². The number of nitrogens with one attached hydrogen (secondary N) is 2. The molecule has 0 spiro atoms. The number of benzene rings is 2. The molecule has 0 atom stereocenters. The van der Waals surface area contributed by atoms with Crippen LogP contribution in [0.5, 0.6) is 0 Å². The number of imidazole rings is 1. The van der Waals surface area contributed by atoms with Gasteiger partial charge in [-0.1, -0.05) is 0 Å². The van der Waals surface area contributed by atoms with Crippen LogP contribution >= 0.6 is 0 Å². The van der Waals surface area contributed by atoms with E-state index in [1.165, 1.54) is 41.8 Å². The fraction of sp³-hybridized carbons (Fsp3) is 0.188. The third-order valence-electron chi connectivity index (χ3n) is 3.80. The van der Waals surface area contributed by atoms with Crippen molar-refractivity contribution in [1.29, 1.82) is 0 Å². The van der Waals surface area contributed by atoms with Crippen LogP contribution in [0.15, 0.2) is 46.1 Å². The molecule has 2 aromatic carbocycles. The molecule has 1 heterocycles. The van der Waals surface area contributed by atoms with Gasteiger partial charge in [-0.2, -0.15) is 0 Å². The van der Waals surface area contributed by atoms with Crippen LogP contribution in [-0.2, 0) is 16.6 Å². The molecule has 0 aliphatic rings. The zero-order chi connectivity index (χ0) is 18.2. The third-order valence-corrected chi connectivity index (χ3v) is 5.26. The van der Waals surface area contributed by atoms with Crippen LogP contribution in [-0.4, -0.2) is 24.5 Å². The maximum atomic E-state index is 13.3. The van der Waals surface area contributed by atoms with Crippen molar-refractivity contribution < 1.29 is 17.2 Å². The van der Waals surface area contributed by atoms with E-state index in [9.17, 15) is 22.0 Å². The summed E-state index contributed by atoms with van der Waals surface area (Å²) in [7, 11) is -3.83. The van der Waals surface area contributed by atoms with Gasteiger partial charge < -0.3 is 4.98 Å². The highest BCUT2D eigenvalue weighted by Crippen LogP contribution is 2.14. The maximum Gasteiger partial charge on any atom is 0.326 e. The first-order valence-electron chi connectivity index (χ1n) is 7.42. The standard InChI is InChI=1S/C16H15F2N3O3S/c1-10-8-12(3-4-13(10)18)25(23,24)19-6-7-21-15-5-2-11(17)9-14(15)20-16(21)22/h2-5,8-9,19H,6-7H2,1H3,(H,20,22). The van der Waals surface area contributed by atoms with E-state index in [4.69, 9.17) is 0 Å². The number of rotatable bonds is 5. The minimum Gasteiger partial charge on any atom is -0.305 e. The van der Waals surface area contributed by atoms with Crippen LogP contribution in [0.3, 0.4) is 0 Å². The van der Waals surface area contributed by atoms with Gasteiger partial charge in [0.05, 0.1) is 15.9 Å². The van der Waals surface area contributed by atoms with Crippen molar-refractivity contribution in [2.45, 2.75) is 18.4 Å². The summed E-state index contributed by atoms with van der Waals surface area (Å²) in [4.78, 5) is 14.4. The smallest absolute Gasteiger partial charge is 0.305 e. The molecule has 0 saturated heterocycles. The van der Waals surface area contributed by atoms with Gasteiger partial charge in [-0.3, -0.25) is 4.57 Å². The molecular weight excluding hydrogens is 352 g/mol. The molecule has 0 bridgehead atoms. The fourth-order valence-electron chi connectivity index (χ4n) is 2.52. The quantitative estimate of drug-likeness (QED) is 0.722. The van der Waals surface area contributed by atoms with Gasteiger partial charge in [-0.05, 0) is 48.9 Å². The summed E-state index contributed by atoms with van der Waals surface area (Å²) in [6.45, 7) is 1.48. The Bertz CT molecular complexity index is 1100. The van der Waals surface area contributed by atoms with Crippen molar-refractivity contribution in [1.82, 2.24) is 14.3 Å². The van der Waals surface area contributed by atoms with Crippen molar-refractivity contribution in [2.75, 3.05) is 6.54 Å². The van der Waals surface area contributed by atoms with E-state index >= 15 is 0 Å². The van der Waals surface area contributed by atoms with Gasteiger partial charge in [0.2, 0.25) is 10.0 Å². The Kier molecular flexibility index (Phi) is 4.44. The first-order chi connectivity index (χ1) is 11.8. The minimum atomic E-state index is -3.83. The van der Waals surface area contributed by atoms with E-state index in [-0.39, 0.29) is 23.5 Å². The molecule has 0 aliphatic heterocycles. The molecule has 0 unspecified atom stereocenters. The molecule has 0 fully saturated rings. The van der Waals surface area contributed by atoms with Gasteiger partial charge in [0.25, 0.3) is 0 Å². The van der Waals surface area contributed by atoms with Gasteiger partial charge in [-0.25, -0.2) is 26.7 Å². The second-order valence-electron chi connectivity index (χ2n) is 5.55. The highest BCUT2D eigenvalue weighted by Gasteiger charge is 2.15. The van der Waals surface area contributed by atoms with Crippen LogP contribution in [0.2, 0.25) is 0 Å². The van der Waals surface area contributed by atoms with E-state index in [1.807, 2.05) is 0 Å². The lowest BCUT2D eigenvalue weighted by atomic mass is 10.2. The van der Waals surface area contributed by atoms with Gasteiger partial charge in [-0.15, -0.1) is 0 Å². The molecule has 1 aromatic heterocycles. The molecule has 3 aromatic rings. The monoisotopic (exact) mass is 367 g/mol. The van der Waals surface area contributed by atoms with Crippen LogP contribution in [0, 0.1) is 18.6 Å². The second kappa shape index (κ2) is 6.41. The highest BCUT2D eigenvalue weighted by atomic mass is 32.2. The first kappa shape index (κ1) is 17.3. The van der Waals surface area contributed by atoms with Gasteiger partial charge in [0.1, 0.15) is 11.6 Å². The molecule has 9 heteroatoms. The number of fused-ring (bicyclic) bond motifs is 1. The minimum absolute atomic E-state index is 0.0526. The van der Waals surface area contributed by atoms with Crippen LogP contribution < -0.4 is 10.4 Å². The molecule has 132 valence electrons. The van der Waals surface area contributed by atoms with E-state index in [0.29, 0.717) is 11.0 Å². The highest BCUT2D eigenvalue weighted by molar-refractivity contribution is 7.89. The van der Waals surface area contributed by atoms with Gasteiger partial charge >= 0.3 is 5.69 Å². The number of sulfonamides is 1. The zero-order valence-corrected chi connectivity index (χ0v) is 14.0. The number of halogens is 2. The number of hydrogen-bond donors (Lipinski definition) is 2. The molecule has 25 heavy (non-hydrogen) atoms. The number of aromatic nitrogens is 2. The van der Waals surface area contributed by atoms with E-state index < -0.39 is 27.3 Å². The molecule has 2 N–H and O–H groups in total. The third kappa shape index (κ3) is 3.47. The van der Waals surface area contributed by atoms with Crippen molar-refractivity contribution in [3.8, 4) is 0 Å². The van der Waals surface area contributed by atoms with Crippen molar-refractivity contribution in [3.05, 3.63) is 64.1 Å². The average Bonchev–Trinajstić information content (AvgIpc) is 2.84. The summed E-state index contributed by atoms with van der Waals surface area (Å²) in [5.74, 6) is -0.968. The number of aryl methyl sites for hydroxylation is 1. The molecule has 0 aliphatic carbocycles. The summed E-state index contributed by atoms with van der Waals surface area (Å²) >= 11 is 0. The van der Waals surface area contributed by atoms with Crippen molar-refractivity contribution in [3.63, 3.8) is 0 Å². The SMILES string of the molecule is Cc1cc(S(=O)(=O)NCCn2c(=O)[nH]c3cc(F)ccc32)ccc1F. The maximum absolute atomic E-state index is 13.3. The zero-order valence-electron chi connectivity index (χ0n) is 13.2. The van der Waals surface area contributed by atoms with Gasteiger partial charge in [0.15, 0.2) is 0 Å². The van der Waals surface area contributed by atoms with Crippen LogP contribution in [0.1, 0.15) is 5.56 Å². The van der Waals surface area contributed by atoms with Crippen molar-refractivity contribution in [2.24, 2.45) is 0 Å². The normalized spacial score (nSPS) is 12.0. The fourth-order valence-corrected chi connectivity index (χ4v) is 3.62. The van der Waals surface area contributed by atoms with E-state index in [0.717, 1.165) is 6.07 Å². The van der Waals surface area contributed by atoms with Crippen LogP contribution in [0.4, 0.5) is 8.78 Å². The number of hydrogen-bond acceptors (Lipinski definition) is 3. The second-order valence-corrected chi connectivity index (χ2v) is 7.32. The predicted octanol–water partition coefficient (Wildman–Crippen LogP) is 1.89. The Morgan fingerprint density at radius 2 is 1.92 bits per heavy atom. The van der Waals surface area contributed by atoms with Gasteiger partial charge in [0, 0.05) is 13.1 Å². The lowest BCUT2D eigenvalue weighted by Crippen LogP contribution is -2.30. The summed E-state index contributed by atoms with van der Waals surface area (Å²) < 4.78 is 54.6. The Morgan fingerprint density at radius 1 is 1.16 bits per heavy atom. The Hall–Kier alpha value is -2.52. The molecule has 3 rings (SSSR count). The summed E-state index contributed by atoms with van der Waals surface area (Å²) in [5.41, 5.74) is 0.570. The number of aromatic amines is 1. The molecule has 0 saturated carbocycles. The number of H-pyrrole nitrogens is 1. The number of nitrogens with zero attached hydrogens (tertiary/aromatic N) is 1. The Labute approximate surface area is 142 Å². The Morgan fingerprint density at radius 3 is 2.64 bits per heavy atom. The van der Waals surface area contributed by atoms with Crippen LogP contribution in [0.25, 0.3) is 11.0 Å². The van der Waals surface area contributed by atoms with Crippen molar-refractivity contribution >= 4 is 21.1 Å².